The second kappa shape index (κ2) is 5.55. The predicted molar refractivity (Wildman–Crippen MR) is 71.7 cm³/mol. The van der Waals surface area contributed by atoms with Crippen molar-refractivity contribution in [2.75, 3.05) is 13.1 Å². The third kappa shape index (κ3) is 4.19. The molecule has 1 amide bonds. The molecule has 1 fully saturated rings. The molecule has 1 saturated heterocycles. The lowest BCUT2D eigenvalue weighted by Gasteiger charge is -2.24. The van der Waals surface area contributed by atoms with Crippen LogP contribution in [-0.4, -0.2) is 39.7 Å². The molecule has 104 valence electrons. The molecule has 1 aromatic heterocycles. The van der Waals surface area contributed by atoms with Crippen LogP contribution in [0.1, 0.15) is 33.0 Å². The SMILES string of the molecule is CC(C)(C)OC(=O)N1CC[C@@H](Cc2ncccn2)C1. The second-order valence-electron chi connectivity index (χ2n) is 5.95. The van der Waals surface area contributed by atoms with Crippen molar-refractivity contribution in [3.05, 3.63) is 24.3 Å². The first-order valence-corrected chi connectivity index (χ1v) is 6.68. The van der Waals surface area contributed by atoms with Gasteiger partial charge in [0.2, 0.25) is 0 Å². The third-order valence-corrected chi connectivity index (χ3v) is 3.03. The normalized spacial score (nSPS) is 19.5. The van der Waals surface area contributed by atoms with E-state index in [1.165, 1.54) is 0 Å². The number of hydrogen-bond acceptors (Lipinski definition) is 4. The quantitative estimate of drug-likeness (QED) is 0.821. The minimum atomic E-state index is -0.433. The van der Waals surface area contributed by atoms with Gasteiger partial charge in [-0.2, -0.15) is 0 Å². The maximum Gasteiger partial charge on any atom is 0.410 e. The number of rotatable bonds is 2. The van der Waals surface area contributed by atoms with Gasteiger partial charge in [0.1, 0.15) is 11.4 Å². The van der Waals surface area contributed by atoms with Gasteiger partial charge in [-0.15, -0.1) is 0 Å². The molecule has 1 aliphatic rings. The van der Waals surface area contributed by atoms with Gasteiger partial charge >= 0.3 is 6.09 Å². The van der Waals surface area contributed by atoms with Crippen molar-refractivity contribution in [1.82, 2.24) is 14.9 Å². The van der Waals surface area contributed by atoms with Crippen molar-refractivity contribution in [3.8, 4) is 0 Å². The Morgan fingerprint density at radius 2 is 2.11 bits per heavy atom. The van der Waals surface area contributed by atoms with Gasteiger partial charge in [-0.25, -0.2) is 14.8 Å². The van der Waals surface area contributed by atoms with Gasteiger partial charge < -0.3 is 9.64 Å². The highest BCUT2D eigenvalue weighted by atomic mass is 16.6. The zero-order valence-electron chi connectivity index (χ0n) is 11.8. The summed E-state index contributed by atoms with van der Waals surface area (Å²) in [4.78, 5) is 22.2. The minimum absolute atomic E-state index is 0.219. The van der Waals surface area contributed by atoms with Crippen LogP contribution in [0.3, 0.4) is 0 Å². The first kappa shape index (κ1) is 13.8. The molecule has 1 atom stereocenters. The van der Waals surface area contributed by atoms with E-state index in [0.717, 1.165) is 31.8 Å². The average Bonchev–Trinajstić information content (AvgIpc) is 2.77. The topological polar surface area (TPSA) is 55.3 Å². The highest BCUT2D eigenvalue weighted by molar-refractivity contribution is 5.68. The lowest BCUT2D eigenvalue weighted by atomic mass is 10.0. The zero-order chi connectivity index (χ0) is 13.9. The highest BCUT2D eigenvalue weighted by Gasteiger charge is 2.30. The Labute approximate surface area is 114 Å². The largest absolute Gasteiger partial charge is 0.444 e. The van der Waals surface area contributed by atoms with Crippen molar-refractivity contribution in [2.45, 2.75) is 39.2 Å². The van der Waals surface area contributed by atoms with E-state index in [0.29, 0.717) is 5.92 Å². The molecule has 2 heterocycles. The maximum atomic E-state index is 11.9. The first-order valence-electron chi connectivity index (χ1n) is 6.68. The standard InChI is InChI=1S/C14H21N3O2/c1-14(2,3)19-13(18)17-8-5-11(10-17)9-12-15-6-4-7-16-12/h4,6-7,11H,5,8-10H2,1-3H3/t11-/m0/s1. The summed E-state index contributed by atoms with van der Waals surface area (Å²) in [5.41, 5.74) is -0.433. The number of carbonyl (C=O) groups is 1. The van der Waals surface area contributed by atoms with Gasteiger partial charge in [-0.05, 0) is 39.2 Å². The van der Waals surface area contributed by atoms with Crippen LogP contribution in [-0.2, 0) is 11.2 Å². The number of ether oxygens (including phenoxy) is 1. The van der Waals surface area contributed by atoms with Crippen LogP contribution in [0.25, 0.3) is 0 Å². The molecule has 5 heteroatoms. The van der Waals surface area contributed by atoms with E-state index in [2.05, 4.69) is 9.97 Å². The molecular weight excluding hydrogens is 242 g/mol. The summed E-state index contributed by atoms with van der Waals surface area (Å²) in [6.07, 6.45) is 5.09. The van der Waals surface area contributed by atoms with Gasteiger partial charge in [0, 0.05) is 31.9 Å². The van der Waals surface area contributed by atoms with Crippen LogP contribution in [0.5, 0.6) is 0 Å². The Kier molecular flexibility index (Phi) is 4.02. The average molecular weight is 263 g/mol. The van der Waals surface area contributed by atoms with Crippen molar-refractivity contribution in [1.29, 1.82) is 0 Å². The second-order valence-corrected chi connectivity index (χ2v) is 5.95. The van der Waals surface area contributed by atoms with E-state index in [1.54, 1.807) is 17.3 Å². The number of likely N-dealkylation sites (tertiary alicyclic amines) is 1. The summed E-state index contributed by atoms with van der Waals surface area (Å²) < 4.78 is 5.38. The Morgan fingerprint density at radius 3 is 2.74 bits per heavy atom. The molecule has 0 spiro atoms. The van der Waals surface area contributed by atoms with Crippen LogP contribution in [0.2, 0.25) is 0 Å². The fraction of sp³-hybridized carbons (Fsp3) is 0.643. The fourth-order valence-corrected chi connectivity index (χ4v) is 2.19. The van der Waals surface area contributed by atoms with E-state index >= 15 is 0 Å². The van der Waals surface area contributed by atoms with Gasteiger partial charge in [-0.3, -0.25) is 0 Å². The van der Waals surface area contributed by atoms with Crippen molar-refractivity contribution in [2.24, 2.45) is 5.92 Å². The molecule has 2 rings (SSSR count). The van der Waals surface area contributed by atoms with Crippen LogP contribution >= 0.6 is 0 Å². The van der Waals surface area contributed by atoms with Crippen molar-refractivity contribution < 1.29 is 9.53 Å². The van der Waals surface area contributed by atoms with Gasteiger partial charge in [0.15, 0.2) is 0 Å². The molecule has 0 aromatic carbocycles. The first-order chi connectivity index (χ1) is 8.94. The summed E-state index contributed by atoms with van der Waals surface area (Å²) in [5, 5.41) is 0. The molecule has 0 N–H and O–H groups in total. The zero-order valence-corrected chi connectivity index (χ0v) is 11.8. The van der Waals surface area contributed by atoms with Crippen LogP contribution in [0.15, 0.2) is 18.5 Å². The maximum absolute atomic E-state index is 11.9. The highest BCUT2D eigenvalue weighted by Crippen LogP contribution is 2.21. The number of amides is 1. The Balaban J connectivity index is 1.85. The number of hydrogen-bond donors (Lipinski definition) is 0. The molecule has 1 aliphatic heterocycles. The van der Waals surface area contributed by atoms with Gasteiger partial charge in [0.05, 0.1) is 0 Å². The van der Waals surface area contributed by atoms with E-state index in [4.69, 9.17) is 4.74 Å². The number of aromatic nitrogens is 2. The Morgan fingerprint density at radius 1 is 1.42 bits per heavy atom. The molecule has 0 radical (unpaired) electrons. The molecule has 0 aliphatic carbocycles. The summed E-state index contributed by atoms with van der Waals surface area (Å²) >= 11 is 0. The number of carbonyl (C=O) groups excluding carboxylic acids is 1. The predicted octanol–water partition coefficient (Wildman–Crippen LogP) is 2.28. The molecular formula is C14H21N3O2. The summed E-state index contributed by atoms with van der Waals surface area (Å²) in [5.74, 6) is 1.27. The lowest BCUT2D eigenvalue weighted by molar-refractivity contribution is 0.0288. The Hall–Kier alpha value is -1.65. The van der Waals surface area contributed by atoms with Crippen molar-refractivity contribution in [3.63, 3.8) is 0 Å². The van der Waals surface area contributed by atoms with Gasteiger partial charge in [-0.1, -0.05) is 0 Å². The summed E-state index contributed by atoms with van der Waals surface area (Å²) in [7, 11) is 0. The summed E-state index contributed by atoms with van der Waals surface area (Å²) in [6.45, 7) is 7.14. The van der Waals surface area contributed by atoms with Crippen LogP contribution in [0, 0.1) is 5.92 Å². The van der Waals surface area contributed by atoms with Gasteiger partial charge in [0.25, 0.3) is 0 Å². The fourth-order valence-electron chi connectivity index (χ4n) is 2.19. The van der Waals surface area contributed by atoms with Crippen LogP contribution < -0.4 is 0 Å². The molecule has 19 heavy (non-hydrogen) atoms. The van der Waals surface area contributed by atoms with E-state index < -0.39 is 5.60 Å². The van der Waals surface area contributed by atoms with Crippen LogP contribution in [0.4, 0.5) is 4.79 Å². The van der Waals surface area contributed by atoms with Crippen molar-refractivity contribution >= 4 is 6.09 Å². The molecule has 5 nitrogen and oxygen atoms in total. The monoisotopic (exact) mass is 263 g/mol. The molecule has 0 unspecified atom stereocenters. The van der Waals surface area contributed by atoms with E-state index in [1.807, 2.05) is 26.8 Å². The smallest absolute Gasteiger partial charge is 0.410 e. The molecule has 1 aromatic rings. The Bertz CT molecular complexity index is 428. The molecule has 0 saturated carbocycles. The van der Waals surface area contributed by atoms with E-state index in [-0.39, 0.29) is 6.09 Å². The lowest BCUT2D eigenvalue weighted by Crippen LogP contribution is -2.35. The number of nitrogens with zero attached hydrogens (tertiary/aromatic N) is 3. The minimum Gasteiger partial charge on any atom is -0.444 e. The molecule has 0 bridgehead atoms. The summed E-state index contributed by atoms with van der Waals surface area (Å²) in [6, 6.07) is 1.81. The van der Waals surface area contributed by atoms with E-state index in [9.17, 15) is 4.79 Å². The third-order valence-electron chi connectivity index (χ3n) is 3.03.